The van der Waals surface area contributed by atoms with Gasteiger partial charge in [0.15, 0.2) is 0 Å². The van der Waals surface area contributed by atoms with E-state index in [1.54, 1.807) is 0 Å². The van der Waals surface area contributed by atoms with E-state index in [2.05, 4.69) is 4.72 Å². The predicted molar refractivity (Wildman–Crippen MR) is 81.1 cm³/mol. The molecule has 0 amide bonds. The highest BCUT2D eigenvalue weighted by Crippen LogP contribution is 2.29. The summed E-state index contributed by atoms with van der Waals surface area (Å²) in [5.41, 5.74) is 0.317. The summed E-state index contributed by atoms with van der Waals surface area (Å²) in [4.78, 5) is 0. The summed E-state index contributed by atoms with van der Waals surface area (Å²) >= 11 is 5.73. The highest BCUT2D eigenvalue weighted by Gasteiger charge is 2.10. The maximum Gasteiger partial charge on any atom is 0.229 e. The van der Waals surface area contributed by atoms with E-state index in [1.165, 1.54) is 24.3 Å². The predicted octanol–water partition coefficient (Wildman–Crippen LogP) is 3.51. The van der Waals surface area contributed by atoms with Crippen molar-refractivity contribution in [2.45, 2.75) is 0 Å². The Hall–Kier alpha value is -2.30. The van der Waals surface area contributed by atoms with Crippen LogP contribution in [0.1, 0.15) is 5.56 Å². The molecule has 8 heteroatoms. The van der Waals surface area contributed by atoms with E-state index in [0.717, 1.165) is 18.4 Å². The van der Waals surface area contributed by atoms with Crippen LogP contribution in [-0.2, 0) is 10.0 Å². The second-order valence-corrected chi connectivity index (χ2v) is 6.59. The lowest BCUT2D eigenvalue weighted by Gasteiger charge is -2.10. The average molecular weight is 341 g/mol. The fourth-order valence-electron chi connectivity index (χ4n) is 1.70. The normalized spacial score (nSPS) is 10.8. The third-order valence-electron chi connectivity index (χ3n) is 2.47. The molecule has 0 unspecified atom stereocenters. The van der Waals surface area contributed by atoms with Gasteiger partial charge in [-0.1, -0.05) is 11.6 Å². The van der Waals surface area contributed by atoms with Crippen molar-refractivity contribution in [3.05, 3.63) is 52.8 Å². The van der Waals surface area contributed by atoms with Gasteiger partial charge >= 0.3 is 0 Å². The van der Waals surface area contributed by atoms with E-state index in [4.69, 9.17) is 21.6 Å². The zero-order valence-corrected chi connectivity index (χ0v) is 12.9. The lowest BCUT2D eigenvalue weighted by atomic mass is 10.2. The van der Waals surface area contributed by atoms with Gasteiger partial charge in [0.25, 0.3) is 0 Å². The van der Waals surface area contributed by atoms with E-state index in [-0.39, 0.29) is 27.8 Å². The number of sulfonamides is 1. The molecule has 114 valence electrons. The van der Waals surface area contributed by atoms with Gasteiger partial charge in [0, 0.05) is 11.1 Å². The summed E-state index contributed by atoms with van der Waals surface area (Å²) < 4.78 is 43.3. The van der Waals surface area contributed by atoms with Crippen molar-refractivity contribution < 1.29 is 17.5 Å². The number of nitriles is 1. The summed E-state index contributed by atoms with van der Waals surface area (Å²) in [5, 5.41) is 9.28. The van der Waals surface area contributed by atoms with Crippen molar-refractivity contribution in [3.8, 4) is 17.6 Å². The lowest BCUT2D eigenvalue weighted by molar-refractivity contribution is 0.475. The molecule has 0 fully saturated rings. The van der Waals surface area contributed by atoms with Crippen LogP contribution < -0.4 is 9.46 Å². The highest BCUT2D eigenvalue weighted by atomic mass is 35.5. The van der Waals surface area contributed by atoms with Gasteiger partial charge in [-0.15, -0.1) is 0 Å². The Labute approximate surface area is 132 Å². The van der Waals surface area contributed by atoms with Crippen molar-refractivity contribution in [3.63, 3.8) is 0 Å². The number of nitrogens with one attached hydrogen (secondary N) is 1. The molecule has 0 heterocycles. The van der Waals surface area contributed by atoms with E-state index < -0.39 is 15.8 Å². The van der Waals surface area contributed by atoms with Crippen molar-refractivity contribution in [2.24, 2.45) is 0 Å². The standard InChI is InChI=1S/C14H10ClFN2O3S/c1-22(19,20)18-12-2-3-14(9(4-12)8-17)21-13-6-10(15)5-11(16)7-13/h2-7,18H,1H3. The van der Waals surface area contributed by atoms with Gasteiger partial charge in [-0.25, -0.2) is 12.8 Å². The molecule has 1 N–H and O–H groups in total. The van der Waals surface area contributed by atoms with Gasteiger partial charge < -0.3 is 4.74 Å². The molecule has 0 atom stereocenters. The van der Waals surface area contributed by atoms with Crippen LogP contribution in [0.5, 0.6) is 11.5 Å². The minimum atomic E-state index is -3.45. The van der Waals surface area contributed by atoms with Crippen LogP contribution in [0.2, 0.25) is 5.02 Å². The number of hydrogen-bond donors (Lipinski definition) is 1. The number of ether oxygens (including phenoxy) is 1. The SMILES string of the molecule is CS(=O)(=O)Nc1ccc(Oc2cc(F)cc(Cl)c2)c(C#N)c1. The van der Waals surface area contributed by atoms with Gasteiger partial charge in [-0.05, 0) is 30.3 Å². The van der Waals surface area contributed by atoms with Crippen LogP contribution in [0, 0.1) is 17.1 Å². The number of nitrogens with zero attached hydrogens (tertiary/aromatic N) is 1. The number of hydrogen-bond acceptors (Lipinski definition) is 4. The maximum absolute atomic E-state index is 13.3. The van der Waals surface area contributed by atoms with Crippen LogP contribution in [0.4, 0.5) is 10.1 Å². The van der Waals surface area contributed by atoms with Gasteiger partial charge in [0.1, 0.15) is 23.4 Å². The fraction of sp³-hybridized carbons (Fsp3) is 0.0714. The van der Waals surface area contributed by atoms with E-state index >= 15 is 0 Å². The number of rotatable bonds is 4. The smallest absolute Gasteiger partial charge is 0.229 e. The lowest BCUT2D eigenvalue weighted by Crippen LogP contribution is -2.09. The fourth-order valence-corrected chi connectivity index (χ4v) is 2.47. The number of benzene rings is 2. The summed E-state index contributed by atoms with van der Waals surface area (Å²) in [6.07, 6.45) is 0.998. The van der Waals surface area contributed by atoms with E-state index in [1.807, 2.05) is 6.07 Å². The number of halogens is 2. The molecule has 0 saturated heterocycles. The summed E-state index contributed by atoms with van der Waals surface area (Å²) in [6.45, 7) is 0. The first-order valence-electron chi connectivity index (χ1n) is 5.93. The molecular formula is C14H10ClFN2O3S. The van der Waals surface area contributed by atoms with E-state index in [0.29, 0.717) is 0 Å². The van der Waals surface area contributed by atoms with Gasteiger partial charge in [-0.2, -0.15) is 5.26 Å². The Bertz CT molecular complexity index is 843. The van der Waals surface area contributed by atoms with Gasteiger partial charge in [-0.3, -0.25) is 4.72 Å². The molecule has 0 aromatic heterocycles. The van der Waals surface area contributed by atoms with Crippen LogP contribution in [-0.4, -0.2) is 14.7 Å². The monoisotopic (exact) mass is 340 g/mol. The first kappa shape index (κ1) is 16.1. The van der Waals surface area contributed by atoms with Crippen LogP contribution in [0.25, 0.3) is 0 Å². The second-order valence-electron chi connectivity index (χ2n) is 4.40. The first-order chi connectivity index (χ1) is 10.3. The Morgan fingerprint density at radius 1 is 1.27 bits per heavy atom. The van der Waals surface area contributed by atoms with Crippen molar-refractivity contribution >= 4 is 27.3 Å². The largest absolute Gasteiger partial charge is 0.456 e. The molecular weight excluding hydrogens is 331 g/mol. The first-order valence-corrected chi connectivity index (χ1v) is 8.19. The molecule has 22 heavy (non-hydrogen) atoms. The van der Waals surface area contributed by atoms with Crippen molar-refractivity contribution in [1.82, 2.24) is 0 Å². The number of anilines is 1. The van der Waals surface area contributed by atoms with Crippen LogP contribution in [0.3, 0.4) is 0 Å². The van der Waals surface area contributed by atoms with E-state index in [9.17, 15) is 12.8 Å². The highest BCUT2D eigenvalue weighted by molar-refractivity contribution is 7.92. The molecule has 0 aliphatic carbocycles. The van der Waals surface area contributed by atoms with Crippen LogP contribution >= 0.6 is 11.6 Å². The summed E-state index contributed by atoms with van der Waals surface area (Å²) in [5.74, 6) is -0.287. The maximum atomic E-state index is 13.3. The molecule has 0 bridgehead atoms. The zero-order chi connectivity index (χ0) is 16.3. The Morgan fingerprint density at radius 2 is 2.00 bits per heavy atom. The molecule has 0 spiro atoms. The van der Waals surface area contributed by atoms with Crippen molar-refractivity contribution in [1.29, 1.82) is 5.26 Å². The molecule has 0 saturated carbocycles. The molecule has 2 aromatic carbocycles. The van der Waals surface area contributed by atoms with Crippen molar-refractivity contribution in [2.75, 3.05) is 11.0 Å². The molecule has 0 radical (unpaired) electrons. The third-order valence-corrected chi connectivity index (χ3v) is 3.29. The topological polar surface area (TPSA) is 79.2 Å². The Morgan fingerprint density at radius 3 is 2.59 bits per heavy atom. The molecule has 2 aromatic rings. The van der Waals surface area contributed by atoms with Gasteiger partial charge in [0.05, 0.1) is 17.5 Å². The molecule has 0 aliphatic rings. The average Bonchev–Trinajstić information content (AvgIpc) is 2.37. The molecule has 5 nitrogen and oxygen atoms in total. The minimum Gasteiger partial charge on any atom is -0.456 e. The third kappa shape index (κ3) is 4.35. The van der Waals surface area contributed by atoms with Gasteiger partial charge in [0.2, 0.25) is 10.0 Å². The quantitative estimate of drug-likeness (QED) is 0.923. The Kier molecular flexibility index (Phi) is 4.54. The summed E-state index contributed by atoms with van der Waals surface area (Å²) in [6, 6.07) is 9.68. The second kappa shape index (κ2) is 6.22. The molecule has 2 rings (SSSR count). The minimum absolute atomic E-state index is 0.0917. The zero-order valence-electron chi connectivity index (χ0n) is 11.3. The molecule has 0 aliphatic heterocycles. The Balaban J connectivity index is 2.34. The van der Waals surface area contributed by atoms with Crippen LogP contribution in [0.15, 0.2) is 36.4 Å². The summed E-state index contributed by atoms with van der Waals surface area (Å²) in [7, 11) is -3.45.